The Hall–Kier alpha value is -3.00. The lowest BCUT2D eigenvalue weighted by atomic mass is 9.84. The van der Waals surface area contributed by atoms with Crippen molar-refractivity contribution >= 4 is 17.6 Å². The normalized spacial score (nSPS) is 16.8. The summed E-state index contributed by atoms with van der Waals surface area (Å²) in [5.41, 5.74) is 1.89. The van der Waals surface area contributed by atoms with Gasteiger partial charge in [0.05, 0.1) is 18.8 Å². The highest BCUT2D eigenvalue weighted by atomic mass is 16.5. The van der Waals surface area contributed by atoms with Crippen molar-refractivity contribution in [1.29, 1.82) is 0 Å². The topological polar surface area (TPSA) is 78.9 Å². The van der Waals surface area contributed by atoms with Crippen LogP contribution in [0.3, 0.4) is 0 Å². The minimum Gasteiger partial charge on any atom is -0.383 e. The molecule has 1 aromatic heterocycles. The Kier molecular flexibility index (Phi) is 7.88. The van der Waals surface area contributed by atoms with E-state index in [1.165, 1.54) is 0 Å². The molecule has 2 heterocycles. The van der Waals surface area contributed by atoms with Crippen LogP contribution >= 0.6 is 0 Å². The first kappa shape index (κ1) is 23.2. The quantitative estimate of drug-likeness (QED) is 0.614. The van der Waals surface area contributed by atoms with E-state index >= 15 is 0 Å². The number of aromatic nitrogens is 2. The van der Waals surface area contributed by atoms with E-state index in [1.807, 2.05) is 47.4 Å². The Morgan fingerprint density at radius 3 is 2.48 bits per heavy atom. The van der Waals surface area contributed by atoms with E-state index in [0.29, 0.717) is 32.8 Å². The lowest BCUT2D eigenvalue weighted by molar-refractivity contribution is -0.145. The van der Waals surface area contributed by atoms with Crippen molar-refractivity contribution in [2.45, 2.75) is 25.7 Å². The predicted molar refractivity (Wildman–Crippen MR) is 127 cm³/mol. The number of carbonyl (C=O) groups is 2. The maximum absolute atomic E-state index is 13.0. The summed E-state index contributed by atoms with van der Waals surface area (Å²) in [6.07, 6.45) is 3.81. The zero-order valence-electron chi connectivity index (χ0n) is 19.4. The van der Waals surface area contributed by atoms with Crippen molar-refractivity contribution < 1.29 is 14.3 Å². The maximum atomic E-state index is 13.0. The number of methoxy groups -OCH3 is 1. The molecule has 0 N–H and O–H groups in total. The molecule has 2 fully saturated rings. The molecule has 1 aliphatic carbocycles. The van der Waals surface area contributed by atoms with Gasteiger partial charge in [0.25, 0.3) is 0 Å². The van der Waals surface area contributed by atoms with Crippen LogP contribution < -0.4 is 4.90 Å². The molecule has 2 amide bonds. The number of rotatable bonds is 8. The van der Waals surface area contributed by atoms with Crippen LogP contribution in [0.2, 0.25) is 0 Å². The van der Waals surface area contributed by atoms with Crippen molar-refractivity contribution in [3.05, 3.63) is 42.5 Å². The van der Waals surface area contributed by atoms with Crippen LogP contribution in [0.1, 0.15) is 25.7 Å². The van der Waals surface area contributed by atoms with Gasteiger partial charge in [-0.25, -0.2) is 0 Å². The zero-order chi connectivity index (χ0) is 23.0. The third-order valence-corrected chi connectivity index (χ3v) is 6.55. The van der Waals surface area contributed by atoms with E-state index < -0.39 is 0 Å². The van der Waals surface area contributed by atoms with Gasteiger partial charge in [-0.05, 0) is 31.4 Å². The van der Waals surface area contributed by atoms with Gasteiger partial charge in [-0.15, -0.1) is 10.2 Å². The third-order valence-electron chi connectivity index (χ3n) is 6.55. The molecule has 0 unspecified atom stereocenters. The van der Waals surface area contributed by atoms with Gasteiger partial charge in [0.2, 0.25) is 11.8 Å². The van der Waals surface area contributed by atoms with Crippen molar-refractivity contribution in [2.75, 3.05) is 57.9 Å². The van der Waals surface area contributed by atoms with E-state index in [4.69, 9.17) is 4.74 Å². The summed E-state index contributed by atoms with van der Waals surface area (Å²) in [6, 6.07) is 14.0. The molecule has 0 bridgehead atoms. The number of carbonyl (C=O) groups excluding carboxylic acids is 2. The highest BCUT2D eigenvalue weighted by Gasteiger charge is 2.31. The molecule has 0 radical (unpaired) electrons. The first-order valence-corrected chi connectivity index (χ1v) is 11.9. The van der Waals surface area contributed by atoms with E-state index in [-0.39, 0.29) is 24.3 Å². The number of hydrogen-bond acceptors (Lipinski definition) is 6. The summed E-state index contributed by atoms with van der Waals surface area (Å²) < 4.78 is 5.16. The lowest BCUT2D eigenvalue weighted by Crippen LogP contribution is -2.47. The van der Waals surface area contributed by atoms with E-state index in [0.717, 1.165) is 49.3 Å². The monoisotopic (exact) mass is 451 g/mol. The number of benzene rings is 1. The molecular formula is C25H33N5O3. The Bertz CT molecular complexity index is 917. The molecule has 176 valence electrons. The maximum Gasteiger partial charge on any atom is 0.242 e. The molecule has 0 atom stereocenters. The van der Waals surface area contributed by atoms with Gasteiger partial charge in [0, 0.05) is 51.3 Å². The predicted octanol–water partition coefficient (Wildman–Crippen LogP) is 2.46. The van der Waals surface area contributed by atoms with Crippen molar-refractivity contribution in [1.82, 2.24) is 20.0 Å². The van der Waals surface area contributed by atoms with Crippen LogP contribution in [0, 0.1) is 5.92 Å². The lowest BCUT2D eigenvalue weighted by Gasteiger charge is -2.32. The Morgan fingerprint density at radius 1 is 1.00 bits per heavy atom. The molecular weight excluding hydrogens is 418 g/mol. The molecule has 8 nitrogen and oxygen atoms in total. The fourth-order valence-corrected chi connectivity index (χ4v) is 4.30. The molecule has 1 aromatic carbocycles. The van der Waals surface area contributed by atoms with Crippen molar-refractivity contribution in [2.24, 2.45) is 5.92 Å². The third kappa shape index (κ3) is 5.87. The van der Waals surface area contributed by atoms with Crippen molar-refractivity contribution in [3.8, 4) is 11.3 Å². The van der Waals surface area contributed by atoms with Gasteiger partial charge in [0.1, 0.15) is 0 Å². The molecule has 4 rings (SSSR count). The fraction of sp³-hybridized carbons (Fsp3) is 0.520. The summed E-state index contributed by atoms with van der Waals surface area (Å²) in [5.74, 6) is 1.00. The SMILES string of the molecule is COCCN(CC(=O)N1CCCN(c2ccc(-c3ccccc3)nn2)CC1)C(=O)C1CCC1. The minimum absolute atomic E-state index is 0.00568. The number of ether oxygens (including phenoxy) is 1. The molecule has 2 aliphatic rings. The second-order valence-corrected chi connectivity index (χ2v) is 8.74. The van der Waals surface area contributed by atoms with Crippen LogP contribution in [0.4, 0.5) is 5.82 Å². The minimum atomic E-state index is 0.00568. The van der Waals surface area contributed by atoms with Gasteiger partial charge in [0.15, 0.2) is 5.82 Å². The van der Waals surface area contributed by atoms with Crippen LogP contribution in [-0.4, -0.2) is 84.8 Å². The summed E-state index contributed by atoms with van der Waals surface area (Å²) >= 11 is 0. The second kappa shape index (κ2) is 11.2. The Labute approximate surface area is 195 Å². The van der Waals surface area contributed by atoms with Crippen LogP contribution in [-0.2, 0) is 14.3 Å². The van der Waals surface area contributed by atoms with Crippen LogP contribution in [0.25, 0.3) is 11.3 Å². The summed E-state index contributed by atoms with van der Waals surface area (Å²) in [6.45, 7) is 3.83. The van der Waals surface area contributed by atoms with E-state index in [1.54, 1.807) is 12.0 Å². The fourth-order valence-electron chi connectivity index (χ4n) is 4.30. The zero-order valence-corrected chi connectivity index (χ0v) is 19.4. The smallest absolute Gasteiger partial charge is 0.242 e. The molecule has 8 heteroatoms. The second-order valence-electron chi connectivity index (χ2n) is 8.74. The largest absolute Gasteiger partial charge is 0.383 e. The molecule has 1 aliphatic heterocycles. The number of anilines is 1. The highest BCUT2D eigenvalue weighted by molar-refractivity contribution is 5.86. The first-order valence-electron chi connectivity index (χ1n) is 11.9. The number of hydrogen-bond donors (Lipinski definition) is 0. The number of amides is 2. The summed E-state index contributed by atoms with van der Waals surface area (Å²) in [4.78, 5) is 31.5. The van der Waals surface area contributed by atoms with Gasteiger partial charge in [-0.3, -0.25) is 9.59 Å². The van der Waals surface area contributed by atoms with Crippen molar-refractivity contribution in [3.63, 3.8) is 0 Å². The highest BCUT2D eigenvalue weighted by Crippen LogP contribution is 2.28. The van der Waals surface area contributed by atoms with Gasteiger partial charge in [-0.2, -0.15) is 0 Å². The van der Waals surface area contributed by atoms with Gasteiger partial charge in [-0.1, -0.05) is 36.8 Å². The molecule has 2 aromatic rings. The molecule has 1 saturated carbocycles. The molecule has 0 spiro atoms. The molecule has 1 saturated heterocycles. The summed E-state index contributed by atoms with van der Waals surface area (Å²) in [7, 11) is 1.62. The Balaban J connectivity index is 1.34. The first-order chi connectivity index (χ1) is 16.2. The standard InChI is InChI=1S/C25H33N5O3/c1-33-18-17-30(25(32)21-9-5-10-21)19-24(31)29-14-6-13-28(15-16-29)23-12-11-22(26-27-23)20-7-3-2-4-8-20/h2-4,7-8,11-12,21H,5-6,9-10,13-19H2,1H3. The Morgan fingerprint density at radius 2 is 1.82 bits per heavy atom. The molecule has 33 heavy (non-hydrogen) atoms. The van der Waals surface area contributed by atoms with Crippen LogP contribution in [0.5, 0.6) is 0 Å². The van der Waals surface area contributed by atoms with E-state index in [9.17, 15) is 9.59 Å². The van der Waals surface area contributed by atoms with Gasteiger partial charge < -0.3 is 19.4 Å². The van der Waals surface area contributed by atoms with Gasteiger partial charge >= 0.3 is 0 Å². The van der Waals surface area contributed by atoms with Crippen LogP contribution in [0.15, 0.2) is 42.5 Å². The van der Waals surface area contributed by atoms with E-state index in [2.05, 4.69) is 15.1 Å². The average Bonchev–Trinajstić information content (AvgIpc) is 3.08. The number of nitrogens with zero attached hydrogens (tertiary/aromatic N) is 5. The average molecular weight is 452 g/mol. The summed E-state index contributed by atoms with van der Waals surface area (Å²) in [5, 5.41) is 8.83.